The summed E-state index contributed by atoms with van der Waals surface area (Å²) >= 11 is 0. The van der Waals surface area contributed by atoms with Gasteiger partial charge < -0.3 is 10.6 Å². The maximum absolute atomic E-state index is 11.6. The number of hydrogen-bond donors (Lipinski definition) is 3. The topological polar surface area (TPSA) is 67.2 Å². The van der Waals surface area contributed by atoms with Gasteiger partial charge in [-0.15, -0.1) is 0 Å². The highest BCUT2D eigenvalue weighted by molar-refractivity contribution is 8.75. The Morgan fingerprint density at radius 3 is 3.00 bits per heavy atom. The third kappa shape index (κ3) is 5.97. The number of anilines is 1. The van der Waals surface area contributed by atoms with Crippen molar-refractivity contribution in [1.82, 2.24) is 5.32 Å². The van der Waals surface area contributed by atoms with E-state index >= 15 is 0 Å². The van der Waals surface area contributed by atoms with Crippen molar-refractivity contribution in [1.29, 1.82) is 0 Å². The molecule has 0 bridgehead atoms. The quantitative estimate of drug-likeness (QED) is 0.403. The molecule has 1 aromatic rings. The molecule has 0 radical (unpaired) electrons. The van der Waals surface area contributed by atoms with Gasteiger partial charge >= 0.3 is 0 Å². The van der Waals surface area contributed by atoms with Crippen LogP contribution in [-0.4, -0.2) is 19.5 Å². The number of amides is 1. The van der Waals surface area contributed by atoms with Gasteiger partial charge in [0.05, 0.1) is 0 Å². The summed E-state index contributed by atoms with van der Waals surface area (Å²) in [7, 11) is 4.54. The minimum absolute atomic E-state index is 0.0443. The van der Waals surface area contributed by atoms with Crippen LogP contribution < -0.4 is 15.8 Å². The average molecular weight is 271 g/mol. The van der Waals surface area contributed by atoms with Crippen molar-refractivity contribution in [2.45, 2.75) is 17.7 Å². The lowest BCUT2D eigenvalue weighted by atomic mass is 10.2. The van der Waals surface area contributed by atoms with Gasteiger partial charge in [-0.3, -0.25) is 9.93 Å². The van der Waals surface area contributed by atoms with Crippen LogP contribution in [0.25, 0.3) is 0 Å². The molecule has 0 unspecified atom stereocenters. The smallest absolute Gasteiger partial charge is 0.224 e. The maximum atomic E-state index is 11.6. The summed E-state index contributed by atoms with van der Waals surface area (Å²) in [5.74, 6) is 0.0443. The molecule has 0 saturated heterocycles. The molecule has 0 aliphatic rings. The summed E-state index contributed by atoms with van der Waals surface area (Å²) in [6.07, 6.45) is 1.37. The molecule has 1 amide bonds. The average Bonchev–Trinajstić information content (AvgIpc) is 2.30. The highest BCUT2D eigenvalue weighted by Gasteiger charge is 2.02. The standard InChI is InChI=1S/C11H17N3OS2/c1-13-7-3-6-11(15)14-9-4-2-5-10(8-9)16-17-12/h2,4-5,8,13H,3,6-7,12H2,1H3,(H,14,15). The van der Waals surface area contributed by atoms with E-state index in [0.717, 1.165) is 23.5 Å². The van der Waals surface area contributed by atoms with Gasteiger partial charge in [0.2, 0.25) is 5.91 Å². The number of nitrogens with two attached hydrogens (primary N) is 1. The first-order valence-electron chi connectivity index (χ1n) is 5.34. The maximum Gasteiger partial charge on any atom is 0.224 e. The van der Waals surface area contributed by atoms with Gasteiger partial charge in [-0.2, -0.15) is 0 Å². The third-order valence-electron chi connectivity index (χ3n) is 2.09. The number of hydrogen-bond acceptors (Lipinski definition) is 5. The van der Waals surface area contributed by atoms with Gasteiger partial charge in [-0.1, -0.05) is 6.07 Å². The molecule has 0 fully saturated rings. The summed E-state index contributed by atoms with van der Waals surface area (Å²) in [6.45, 7) is 0.854. The minimum Gasteiger partial charge on any atom is -0.326 e. The van der Waals surface area contributed by atoms with Gasteiger partial charge in [-0.25, -0.2) is 0 Å². The molecule has 1 aromatic carbocycles. The van der Waals surface area contributed by atoms with Gasteiger partial charge in [-0.05, 0) is 60.0 Å². The number of carbonyl (C=O) groups excluding carboxylic acids is 1. The molecule has 94 valence electrons. The molecule has 4 N–H and O–H groups in total. The Morgan fingerprint density at radius 1 is 1.47 bits per heavy atom. The summed E-state index contributed by atoms with van der Waals surface area (Å²) in [5, 5.41) is 11.3. The largest absolute Gasteiger partial charge is 0.326 e. The van der Waals surface area contributed by atoms with Crippen LogP contribution in [0, 0.1) is 0 Å². The van der Waals surface area contributed by atoms with E-state index in [9.17, 15) is 4.79 Å². The van der Waals surface area contributed by atoms with Crippen molar-refractivity contribution in [3.63, 3.8) is 0 Å². The second kappa shape index (κ2) is 8.41. The Balaban J connectivity index is 2.44. The summed E-state index contributed by atoms with van der Waals surface area (Å²) < 4.78 is 0. The molecule has 0 saturated carbocycles. The lowest BCUT2D eigenvalue weighted by molar-refractivity contribution is -0.116. The molecule has 6 heteroatoms. The number of benzene rings is 1. The molecular formula is C11H17N3OS2. The zero-order valence-corrected chi connectivity index (χ0v) is 11.4. The van der Waals surface area contributed by atoms with E-state index in [2.05, 4.69) is 10.6 Å². The summed E-state index contributed by atoms with van der Waals surface area (Å²) in [4.78, 5) is 12.6. The first kappa shape index (κ1) is 14.4. The van der Waals surface area contributed by atoms with Crippen molar-refractivity contribution in [2.24, 2.45) is 5.14 Å². The van der Waals surface area contributed by atoms with Gasteiger partial charge in [0.1, 0.15) is 0 Å². The lowest BCUT2D eigenvalue weighted by Gasteiger charge is -2.06. The van der Waals surface area contributed by atoms with E-state index in [4.69, 9.17) is 5.14 Å². The highest BCUT2D eigenvalue weighted by atomic mass is 33.1. The number of carbonyl (C=O) groups is 1. The van der Waals surface area contributed by atoms with Crippen LogP contribution in [-0.2, 0) is 4.79 Å². The third-order valence-corrected chi connectivity index (χ3v) is 3.50. The van der Waals surface area contributed by atoms with E-state index in [-0.39, 0.29) is 5.91 Å². The molecule has 0 spiro atoms. The molecule has 0 aromatic heterocycles. The Labute approximate surface area is 110 Å². The van der Waals surface area contributed by atoms with E-state index in [1.54, 1.807) is 0 Å². The van der Waals surface area contributed by atoms with Crippen LogP contribution in [0.5, 0.6) is 0 Å². The summed E-state index contributed by atoms with van der Waals surface area (Å²) in [5.41, 5.74) is 0.818. The fourth-order valence-corrected chi connectivity index (χ4v) is 2.40. The van der Waals surface area contributed by atoms with E-state index in [1.165, 1.54) is 21.8 Å². The fourth-order valence-electron chi connectivity index (χ4n) is 1.33. The first-order chi connectivity index (χ1) is 8.26. The molecular weight excluding hydrogens is 254 g/mol. The Morgan fingerprint density at radius 2 is 2.29 bits per heavy atom. The van der Waals surface area contributed by atoms with Crippen molar-refractivity contribution in [2.75, 3.05) is 18.9 Å². The zero-order chi connectivity index (χ0) is 12.5. The van der Waals surface area contributed by atoms with Crippen LogP contribution in [0.15, 0.2) is 29.2 Å². The van der Waals surface area contributed by atoms with Crippen molar-refractivity contribution >= 4 is 33.4 Å². The van der Waals surface area contributed by atoms with Crippen molar-refractivity contribution in [3.05, 3.63) is 24.3 Å². The van der Waals surface area contributed by atoms with E-state index in [0.29, 0.717) is 6.42 Å². The number of rotatable bonds is 7. The lowest BCUT2D eigenvalue weighted by Crippen LogP contribution is -2.15. The van der Waals surface area contributed by atoms with Crippen LogP contribution in [0.2, 0.25) is 0 Å². The fraction of sp³-hybridized carbons (Fsp3) is 0.364. The zero-order valence-electron chi connectivity index (χ0n) is 9.73. The van der Waals surface area contributed by atoms with E-state index in [1.807, 2.05) is 31.3 Å². The second-order valence-corrected chi connectivity index (χ2v) is 5.37. The molecule has 0 heterocycles. The highest BCUT2D eigenvalue weighted by Crippen LogP contribution is 2.28. The molecule has 0 atom stereocenters. The van der Waals surface area contributed by atoms with Gasteiger partial charge in [0.25, 0.3) is 0 Å². The molecule has 0 aliphatic heterocycles. The van der Waals surface area contributed by atoms with Crippen LogP contribution >= 0.6 is 21.8 Å². The normalized spacial score (nSPS) is 10.2. The predicted octanol–water partition coefficient (Wildman–Crippen LogP) is 2.24. The SMILES string of the molecule is CNCCCC(=O)Nc1cccc(SSN)c1. The molecule has 17 heavy (non-hydrogen) atoms. The number of nitrogens with one attached hydrogen (secondary N) is 2. The van der Waals surface area contributed by atoms with Gasteiger partial charge in [0.15, 0.2) is 0 Å². The Bertz CT molecular complexity index is 360. The van der Waals surface area contributed by atoms with E-state index < -0.39 is 0 Å². The van der Waals surface area contributed by atoms with Crippen molar-refractivity contribution < 1.29 is 4.79 Å². The van der Waals surface area contributed by atoms with Crippen LogP contribution in [0.3, 0.4) is 0 Å². The van der Waals surface area contributed by atoms with Crippen molar-refractivity contribution in [3.8, 4) is 0 Å². The summed E-state index contributed by atoms with van der Waals surface area (Å²) in [6, 6.07) is 7.66. The molecule has 1 rings (SSSR count). The van der Waals surface area contributed by atoms with Gasteiger partial charge in [0, 0.05) is 17.0 Å². The first-order valence-corrected chi connectivity index (χ1v) is 7.55. The Hall–Kier alpha value is -0.690. The minimum atomic E-state index is 0.0443. The van der Waals surface area contributed by atoms with Crippen LogP contribution in [0.4, 0.5) is 5.69 Å². The molecule has 4 nitrogen and oxygen atoms in total. The Kier molecular flexibility index (Phi) is 7.11. The van der Waals surface area contributed by atoms with Crippen LogP contribution in [0.1, 0.15) is 12.8 Å². The second-order valence-electron chi connectivity index (χ2n) is 3.46. The predicted molar refractivity (Wildman–Crippen MR) is 75.9 cm³/mol. The molecule has 0 aliphatic carbocycles. The monoisotopic (exact) mass is 271 g/mol.